The molecule has 1 aliphatic rings. The Morgan fingerprint density at radius 2 is 1.62 bits per heavy atom. The van der Waals surface area contributed by atoms with E-state index in [0.717, 1.165) is 0 Å². The van der Waals surface area contributed by atoms with E-state index < -0.39 is 47.7 Å². The fourth-order valence-electron chi connectivity index (χ4n) is 2.30. The van der Waals surface area contributed by atoms with Crippen molar-refractivity contribution in [3.05, 3.63) is 0 Å². The first-order valence-corrected chi connectivity index (χ1v) is 6.88. The Hall–Kier alpha value is -0.730. The molecule has 0 radical (unpaired) electrons. The van der Waals surface area contributed by atoms with Crippen LogP contribution in [0.3, 0.4) is 0 Å². The lowest BCUT2D eigenvalue weighted by molar-refractivity contribution is -0.282. The number of aliphatic hydroxyl groups excluding tert-OH is 2. The van der Waals surface area contributed by atoms with E-state index >= 15 is 0 Å². The maximum Gasteiger partial charge on any atom is 0.335 e. The van der Waals surface area contributed by atoms with Gasteiger partial charge in [-0.05, 0) is 34.6 Å². The van der Waals surface area contributed by atoms with Crippen molar-refractivity contribution in [1.82, 2.24) is 0 Å². The zero-order valence-electron chi connectivity index (χ0n) is 13.4. The third-order valence-electron chi connectivity index (χ3n) is 3.53. The maximum absolute atomic E-state index is 11.4. The number of methoxy groups -OCH3 is 1. The molecule has 1 aliphatic heterocycles. The largest absolute Gasteiger partial charge is 0.479 e. The van der Waals surface area contributed by atoms with E-state index in [1.165, 1.54) is 7.11 Å². The van der Waals surface area contributed by atoms with E-state index in [4.69, 9.17) is 14.2 Å². The highest BCUT2D eigenvalue weighted by Crippen LogP contribution is 2.33. The van der Waals surface area contributed by atoms with Gasteiger partial charge in [-0.1, -0.05) is 0 Å². The predicted molar refractivity (Wildman–Crippen MR) is 74.0 cm³/mol. The highest BCUT2D eigenvalue weighted by atomic mass is 16.6. The molecule has 1 rings (SSSR count). The van der Waals surface area contributed by atoms with E-state index in [1.807, 2.05) is 0 Å². The van der Waals surface area contributed by atoms with Gasteiger partial charge in [0.1, 0.15) is 24.4 Å². The van der Waals surface area contributed by atoms with Gasteiger partial charge < -0.3 is 29.5 Å². The third-order valence-corrected chi connectivity index (χ3v) is 3.53. The average Bonchev–Trinajstić information content (AvgIpc) is 2.33. The smallest absolute Gasteiger partial charge is 0.335 e. The van der Waals surface area contributed by atoms with Gasteiger partial charge in [0.2, 0.25) is 0 Å². The first-order valence-electron chi connectivity index (χ1n) is 6.88. The molecule has 1 fully saturated rings. The van der Waals surface area contributed by atoms with Crippen LogP contribution in [0.25, 0.3) is 0 Å². The van der Waals surface area contributed by atoms with Crippen molar-refractivity contribution in [1.29, 1.82) is 0 Å². The Labute approximate surface area is 124 Å². The van der Waals surface area contributed by atoms with Crippen molar-refractivity contribution >= 4 is 5.97 Å². The Morgan fingerprint density at radius 3 is 2.00 bits per heavy atom. The molecule has 1 saturated heterocycles. The number of hydrogen-bond donors (Lipinski definition) is 3. The number of aliphatic hydroxyl groups is 2. The van der Waals surface area contributed by atoms with Crippen molar-refractivity contribution < 1.29 is 34.3 Å². The van der Waals surface area contributed by atoms with E-state index in [0.29, 0.717) is 0 Å². The van der Waals surface area contributed by atoms with Crippen LogP contribution in [0.15, 0.2) is 0 Å². The Kier molecular flexibility index (Phi) is 5.39. The number of rotatable bonds is 4. The van der Waals surface area contributed by atoms with E-state index in [2.05, 4.69) is 0 Å². The first kappa shape index (κ1) is 18.3. The molecular weight excluding hydrogens is 280 g/mol. The van der Waals surface area contributed by atoms with E-state index in [-0.39, 0.29) is 0 Å². The van der Waals surface area contributed by atoms with Gasteiger partial charge in [-0.2, -0.15) is 0 Å². The summed E-state index contributed by atoms with van der Waals surface area (Å²) in [6, 6.07) is 0. The quantitative estimate of drug-likeness (QED) is 0.680. The zero-order chi connectivity index (χ0) is 16.6. The summed E-state index contributed by atoms with van der Waals surface area (Å²) in [7, 11) is 1.43. The van der Waals surface area contributed by atoms with Gasteiger partial charge >= 0.3 is 5.97 Å². The Morgan fingerprint density at radius 1 is 1.10 bits per heavy atom. The van der Waals surface area contributed by atoms with Gasteiger partial charge in [0.25, 0.3) is 0 Å². The lowest BCUT2D eigenvalue weighted by atomic mass is 9.86. The molecule has 0 saturated carbocycles. The number of carboxylic acid groups (broad SMARTS) is 1. The second kappa shape index (κ2) is 6.18. The molecule has 0 aromatic heterocycles. The number of carbonyl (C=O) groups is 1. The number of carboxylic acids is 1. The van der Waals surface area contributed by atoms with Gasteiger partial charge in [0.15, 0.2) is 6.10 Å². The molecular formula is C14H26O7. The fraction of sp³-hybridized carbons (Fsp3) is 0.929. The zero-order valence-corrected chi connectivity index (χ0v) is 13.4. The molecule has 7 nitrogen and oxygen atoms in total. The average molecular weight is 306 g/mol. The minimum Gasteiger partial charge on any atom is -0.479 e. The molecule has 0 aliphatic carbocycles. The van der Waals surface area contributed by atoms with E-state index in [1.54, 1.807) is 34.6 Å². The summed E-state index contributed by atoms with van der Waals surface area (Å²) in [5.41, 5.74) is -1.65. The lowest BCUT2D eigenvalue weighted by Gasteiger charge is -2.47. The van der Waals surface area contributed by atoms with Gasteiger partial charge in [-0.25, -0.2) is 4.79 Å². The Balaban J connectivity index is 3.08. The number of ether oxygens (including phenoxy) is 3. The molecule has 0 bridgehead atoms. The standard InChI is InChI=1S/C14H26O7/c1-13(2,3)21-9-7(15)8(16)11(14(4,5)19-6)20-10(9)12(17)18/h7-11,15-16H,1-6H3,(H,17,18)/t7?,8?,9-,10-,11?/m0/s1. The fourth-order valence-corrected chi connectivity index (χ4v) is 2.30. The van der Waals surface area contributed by atoms with Crippen LogP contribution in [0.2, 0.25) is 0 Å². The molecule has 3 unspecified atom stereocenters. The predicted octanol–water partition coefficient (Wildman–Crippen LogP) is 0.169. The minimum absolute atomic E-state index is 0.688. The molecule has 124 valence electrons. The second-order valence-corrected chi connectivity index (χ2v) is 6.80. The number of hydrogen-bond acceptors (Lipinski definition) is 6. The normalized spacial score (nSPS) is 34.8. The van der Waals surface area contributed by atoms with Crippen molar-refractivity contribution in [3.8, 4) is 0 Å². The minimum atomic E-state index is -1.39. The first-order chi connectivity index (χ1) is 9.40. The topological polar surface area (TPSA) is 105 Å². The van der Waals surface area contributed by atoms with Crippen LogP contribution < -0.4 is 0 Å². The van der Waals surface area contributed by atoms with Crippen molar-refractivity contribution in [2.24, 2.45) is 0 Å². The monoisotopic (exact) mass is 306 g/mol. The molecule has 21 heavy (non-hydrogen) atoms. The van der Waals surface area contributed by atoms with Crippen molar-refractivity contribution in [2.45, 2.75) is 76.3 Å². The highest BCUT2D eigenvalue weighted by Gasteiger charge is 2.53. The highest BCUT2D eigenvalue weighted by molar-refractivity contribution is 5.73. The van der Waals surface area contributed by atoms with Crippen LogP contribution in [0, 0.1) is 0 Å². The van der Waals surface area contributed by atoms with Crippen LogP contribution in [-0.2, 0) is 19.0 Å². The van der Waals surface area contributed by atoms with Crippen LogP contribution in [0.5, 0.6) is 0 Å². The second-order valence-electron chi connectivity index (χ2n) is 6.80. The third kappa shape index (κ3) is 4.14. The molecule has 7 heteroatoms. The van der Waals surface area contributed by atoms with E-state index in [9.17, 15) is 20.1 Å². The van der Waals surface area contributed by atoms with Crippen molar-refractivity contribution in [3.63, 3.8) is 0 Å². The summed E-state index contributed by atoms with van der Waals surface area (Å²) in [5, 5.41) is 29.8. The Bertz CT molecular complexity index is 374. The van der Waals surface area contributed by atoms with Crippen LogP contribution >= 0.6 is 0 Å². The maximum atomic E-state index is 11.4. The van der Waals surface area contributed by atoms with Gasteiger partial charge in [-0.15, -0.1) is 0 Å². The molecule has 5 atom stereocenters. The SMILES string of the molecule is COC(C)(C)C1O[C@H](C(=O)O)[C@@H](OC(C)(C)C)C(O)C1O. The molecule has 0 aromatic rings. The summed E-state index contributed by atoms with van der Waals surface area (Å²) in [5.74, 6) is -1.26. The van der Waals surface area contributed by atoms with Crippen LogP contribution in [0.1, 0.15) is 34.6 Å². The van der Waals surface area contributed by atoms with Gasteiger partial charge in [-0.3, -0.25) is 0 Å². The number of aliphatic carboxylic acids is 1. The summed E-state index contributed by atoms with van der Waals surface area (Å²) in [6.07, 6.45) is -6.25. The van der Waals surface area contributed by atoms with Crippen molar-refractivity contribution in [2.75, 3.05) is 7.11 Å². The summed E-state index contributed by atoms with van der Waals surface area (Å²) < 4.78 is 16.3. The molecule has 0 aromatic carbocycles. The van der Waals surface area contributed by atoms with Gasteiger partial charge in [0.05, 0.1) is 11.2 Å². The molecule has 0 spiro atoms. The van der Waals surface area contributed by atoms with Crippen LogP contribution in [0.4, 0.5) is 0 Å². The molecule has 1 heterocycles. The van der Waals surface area contributed by atoms with Gasteiger partial charge in [0, 0.05) is 7.11 Å². The lowest BCUT2D eigenvalue weighted by Crippen LogP contribution is -2.66. The summed E-state index contributed by atoms with van der Waals surface area (Å²) >= 11 is 0. The summed E-state index contributed by atoms with van der Waals surface area (Å²) in [6.45, 7) is 8.50. The summed E-state index contributed by atoms with van der Waals surface area (Å²) in [4.78, 5) is 11.4. The van der Waals surface area contributed by atoms with Crippen LogP contribution in [-0.4, -0.2) is 70.1 Å². The molecule has 3 N–H and O–H groups in total. The molecule has 0 amide bonds.